The molecule has 0 radical (unpaired) electrons. The van der Waals surface area contributed by atoms with Crippen LogP contribution in [-0.4, -0.2) is 28.6 Å². The highest BCUT2D eigenvalue weighted by molar-refractivity contribution is 5.76. The van der Waals surface area contributed by atoms with Crippen LogP contribution in [0.2, 0.25) is 0 Å². The summed E-state index contributed by atoms with van der Waals surface area (Å²) in [5.74, 6) is 3.03. The predicted octanol–water partition coefficient (Wildman–Crippen LogP) is 6.43. The minimum absolute atomic E-state index is 0.0788. The SMILES string of the molecule is CC(C)(C)c1cc([N+](C)(C)C(NCc2ccc(-c3cnc4cc(C5=CNOC=C5)ccn34)cc2)=C2CCC2)no1. The van der Waals surface area contributed by atoms with E-state index in [2.05, 4.69) is 109 Å². The monoisotopic (exact) mass is 537 g/mol. The molecule has 0 atom stereocenters. The highest BCUT2D eigenvalue weighted by Crippen LogP contribution is 2.35. The summed E-state index contributed by atoms with van der Waals surface area (Å²) in [5, 5.41) is 8.24. The second-order valence-electron chi connectivity index (χ2n) is 12.0. The third kappa shape index (κ3) is 4.91. The molecule has 4 aromatic rings. The standard InChI is InChI=1S/C32H37N6O2/c1-32(2,3)28-18-30(36-40-28)38(4,5)31(24-7-6-8-24)34-19-22-9-11-23(12-10-22)27-21-33-29-17-25(13-15-37(27)29)26-14-16-39-35-20-26/h9-18,20-21,34-35H,6-8,19H2,1-5H3/q+1. The highest BCUT2D eigenvalue weighted by atomic mass is 16.6. The molecule has 1 aliphatic carbocycles. The Hall–Kier alpha value is -4.30. The van der Waals surface area contributed by atoms with Crippen molar-refractivity contribution in [3.63, 3.8) is 0 Å². The van der Waals surface area contributed by atoms with Gasteiger partial charge in [-0.1, -0.05) is 45.0 Å². The van der Waals surface area contributed by atoms with Crippen molar-refractivity contribution in [2.24, 2.45) is 0 Å². The van der Waals surface area contributed by atoms with Crippen LogP contribution < -0.4 is 15.3 Å². The summed E-state index contributed by atoms with van der Waals surface area (Å²) in [4.78, 5) is 9.70. The molecule has 4 heterocycles. The number of fused-ring (bicyclic) bond motifs is 1. The van der Waals surface area contributed by atoms with Crippen LogP contribution in [0.25, 0.3) is 22.5 Å². The number of pyridine rings is 1. The minimum Gasteiger partial charge on any atom is -0.391 e. The molecule has 0 unspecified atom stereocenters. The topological polar surface area (TPSA) is 76.6 Å². The van der Waals surface area contributed by atoms with Crippen LogP contribution >= 0.6 is 0 Å². The summed E-state index contributed by atoms with van der Waals surface area (Å²) in [5.41, 5.74) is 10.6. The molecule has 40 heavy (non-hydrogen) atoms. The maximum Gasteiger partial charge on any atom is 0.272 e. The lowest BCUT2D eigenvalue weighted by molar-refractivity contribution is 0.173. The van der Waals surface area contributed by atoms with Crippen molar-refractivity contribution in [3.8, 4) is 11.3 Å². The highest BCUT2D eigenvalue weighted by Gasteiger charge is 2.35. The van der Waals surface area contributed by atoms with Crippen LogP contribution in [0, 0.1) is 0 Å². The normalized spacial score (nSPS) is 15.3. The van der Waals surface area contributed by atoms with E-state index in [1.165, 1.54) is 23.4 Å². The van der Waals surface area contributed by atoms with Gasteiger partial charge in [0.05, 0.1) is 32.1 Å². The van der Waals surface area contributed by atoms with E-state index in [0.29, 0.717) is 4.48 Å². The fraction of sp³-hybridized carbons (Fsp3) is 0.312. The van der Waals surface area contributed by atoms with Gasteiger partial charge in [0.2, 0.25) is 5.82 Å². The Balaban J connectivity index is 1.19. The number of allylic oxidation sites excluding steroid dienone is 3. The minimum atomic E-state index is -0.0788. The van der Waals surface area contributed by atoms with Crippen molar-refractivity contribution in [1.29, 1.82) is 0 Å². The van der Waals surface area contributed by atoms with Crippen LogP contribution in [0.1, 0.15) is 56.9 Å². The number of imidazole rings is 1. The maximum atomic E-state index is 5.74. The van der Waals surface area contributed by atoms with Crippen LogP contribution in [0.15, 0.2) is 89.3 Å². The van der Waals surface area contributed by atoms with Gasteiger partial charge >= 0.3 is 0 Å². The lowest BCUT2D eigenvalue weighted by Crippen LogP contribution is -2.47. The number of nitrogens with one attached hydrogen (secondary N) is 2. The van der Waals surface area contributed by atoms with E-state index in [1.807, 2.05) is 18.5 Å². The van der Waals surface area contributed by atoms with Gasteiger partial charge in [-0.3, -0.25) is 4.40 Å². The lowest BCUT2D eigenvalue weighted by Gasteiger charge is -2.33. The molecule has 0 bridgehead atoms. The van der Waals surface area contributed by atoms with Crippen molar-refractivity contribution >= 4 is 17.0 Å². The number of nitrogens with zero attached hydrogens (tertiary/aromatic N) is 4. The molecule has 3 aromatic heterocycles. The molecule has 206 valence electrons. The molecule has 0 saturated heterocycles. The quantitative estimate of drug-likeness (QED) is 0.265. The van der Waals surface area contributed by atoms with Crippen molar-refractivity contribution in [3.05, 3.63) is 102 Å². The van der Waals surface area contributed by atoms with Crippen molar-refractivity contribution < 1.29 is 9.36 Å². The summed E-state index contributed by atoms with van der Waals surface area (Å²) in [6.07, 6.45) is 12.9. The fourth-order valence-corrected chi connectivity index (χ4v) is 5.13. The number of hydrogen-bond donors (Lipinski definition) is 2. The van der Waals surface area contributed by atoms with Crippen LogP contribution in [-0.2, 0) is 16.8 Å². The number of quaternary nitrogens is 1. The first-order valence-corrected chi connectivity index (χ1v) is 13.8. The second-order valence-corrected chi connectivity index (χ2v) is 12.0. The summed E-state index contributed by atoms with van der Waals surface area (Å²) >= 11 is 0. The van der Waals surface area contributed by atoms with E-state index in [9.17, 15) is 0 Å². The van der Waals surface area contributed by atoms with E-state index in [1.54, 1.807) is 6.26 Å². The zero-order chi connectivity index (χ0) is 27.9. The first kappa shape index (κ1) is 26.0. The number of hydrogen-bond acceptors (Lipinski definition) is 6. The third-order valence-corrected chi connectivity index (χ3v) is 7.82. The molecule has 1 aromatic carbocycles. The van der Waals surface area contributed by atoms with Crippen LogP contribution in [0.3, 0.4) is 0 Å². The third-order valence-electron chi connectivity index (χ3n) is 7.82. The Morgan fingerprint density at radius 2 is 1.88 bits per heavy atom. The molecule has 6 rings (SSSR count). The van der Waals surface area contributed by atoms with Gasteiger partial charge in [-0.05, 0) is 53.8 Å². The summed E-state index contributed by atoms with van der Waals surface area (Å²) < 4.78 is 8.40. The van der Waals surface area contributed by atoms with Crippen LogP contribution in [0.4, 0.5) is 5.82 Å². The Labute approximate surface area is 235 Å². The zero-order valence-corrected chi connectivity index (χ0v) is 23.9. The Bertz CT molecular complexity index is 1620. The van der Waals surface area contributed by atoms with Gasteiger partial charge in [0.1, 0.15) is 17.7 Å². The van der Waals surface area contributed by atoms with Crippen molar-refractivity contribution in [1.82, 2.24) is 29.8 Å². The molecule has 0 amide bonds. The van der Waals surface area contributed by atoms with E-state index in [4.69, 9.17) is 9.36 Å². The fourth-order valence-electron chi connectivity index (χ4n) is 5.13. The average Bonchev–Trinajstić information content (AvgIpc) is 3.59. The summed E-state index contributed by atoms with van der Waals surface area (Å²) in [6.45, 7) is 7.18. The van der Waals surface area contributed by atoms with Gasteiger partial charge in [-0.2, -0.15) is 0 Å². The second kappa shape index (κ2) is 10.0. The average molecular weight is 538 g/mol. The van der Waals surface area contributed by atoms with Gasteiger partial charge in [0.15, 0.2) is 0 Å². The Morgan fingerprint density at radius 1 is 1.07 bits per heavy atom. The van der Waals surface area contributed by atoms with Gasteiger partial charge in [-0.15, -0.1) is 0 Å². The number of rotatable bonds is 7. The van der Waals surface area contributed by atoms with Crippen molar-refractivity contribution in [2.75, 3.05) is 14.1 Å². The first-order valence-electron chi connectivity index (χ1n) is 13.8. The Morgan fingerprint density at radius 3 is 2.52 bits per heavy atom. The Kier molecular flexibility index (Phi) is 6.50. The molecule has 2 aliphatic rings. The molecular weight excluding hydrogens is 500 g/mol. The van der Waals surface area contributed by atoms with E-state index in [-0.39, 0.29) is 5.41 Å². The smallest absolute Gasteiger partial charge is 0.272 e. The van der Waals surface area contributed by atoms with Crippen molar-refractivity contribution in [2.45, 2.75) is 52.0 Å². The van der Waals surface area contributed by atoms with Gasteiger partial charge < -0.3 is 14.7 Å². The molecular formula is C32H37N6O2+. The largest absolute Gasteiger partial charge is 0.391 e. The summed E-state index contributed by atoms with van der Waals surface area (Å²) in [6, 6.07) is 15.0. The predicted molar refractivity (Wildman–Crippen MR) is 159 cm³/mol. The molecule has 1 fully saturated rings. The van der Waals surface area contributed by atoms with Gasteiger partial charge in [0, 0.05) is 41.1 Å². The van der Waals surface area contributed by atoms with E-state index < -0.39 is 0 Å². The lowest BCUT2D eigenvalue weighted by atomic mass is 9.91. The molecule has 1 saturated carbocycles. The maximum absolute atomic E-state index is 5.74. The zero-order valence-electron chi connectivity index (χ0n) is 23.9. The molecule has 0 spiro atoms. The number of hydroxylamine groups is 1. The molecule has 8 heteroatoms. The van der Waals surface area contributed by atoms with Gasteiger partial charge in [-0.25, -0.2) is 14.9 Å². The van der Waals surface area contributed by atoms with Gasteiger partial charge in [0.25, 0.3) is 5.82 Å². The number of aromatic nitrogens is 3. The first-order chi connectivity index (χ1) is 19.2. The molecule has 1 aliphatic heterocycles. The van der Waals surface area contributed by atoms with E-state index in [0.717, 1.165) is 59.0 Å². The van der Waals surface area contributed by atoms with Crippen LogP contribution in [0.5, 0.6) is 0 Å². The molecule has 2 N–H and O–H groups in total. The van der Waals surface area contributed by atoms with E-state index >= 15 is 0 Å². The number of benzene rings is 1. The summed E-state index contributed by atoms with van der Waals surface area (Å²) in [7, 11) is 4.37. The molecule has 8 nitrogen and oxygen atoms in total.